The molecule has 0 spiro atoms. The van der Waals surface area contributed by atoms with E-state index >= 15 is 0 Å². The van der Waals surface area contributed by atoms with Gasteiger partial charge < -0.3 is 10.4 Å². The van der Waals surface area contributed by atoms with Crippen molar-refractivity contribution >= 4 is 45.6 Å². The first-order chi connectivity index (χ1) is 9.52. The van der Waals surface area contributed by atoms with Gasteiger partial charge in [-0.25, -0.2) is 4.79 Å². The van der Waals surface area contributed by atoms with E-state index in [4.69, 9.17) is 5.11 Å². The van der Waals surface area contributed by atoms with E-state index in [0.29, 0.717) is 12.2 Å². The van der Waals surface area contributed by atoms with Gasteiger partial charge in [-0.05, 0) is 42.2 Å². The van der Waals surface area contributed by atoms with Crippen LogP contribution in [-0.4, -0.2) is 35.0 Å². The van der Waals surface area contributed by atoms with Gasteiger partial charge in [-0.1, -0.05) is 28.1 Å². The Morgan fingerprint density at radius 1 is 1.50 bits per heavy atom. The SMILES string of the molecule is CSCC[C@@H](NC(=O)/C=C/c1cccc(Br)c1)C(=O)O. The van der Waals surface area contributed by atoms with E-state index in [1.165, 1.54) is 6.08 Å². The molecule has 1 atom stereocenters. The Hall–Kier alpha value is -1.27. The zero-order chi connectivity index (χ0) is 15.0. The number of benzene rings is 1. The van der Waals surface area contributed by atoms with Crippen molar-refractivity contribution in [2.75, 3.05) is 12.0 Å². The van der Waals surface area contributed by atoms with Gasteiger partial charge in [0.25, 0.3) is 0 Å². The van der Waals surface area contributed by atoms with E-state index in [9.17, 15) is 9.59 Å². The maximum Gasteiger partial charge on any atom is 0.326 e. The van der Waals surface area contributed by atoms with Crippen molar-refractivity contribution in [1.82, 2.24) is 5.32 Å². The number of aliphatic carboxylic acids is 1. The lowest BCUT2D eigenvalue weighted by Gasteiger charge is -2.12. The minimum atomic E-state index is -1.01. The second-order valence-electron chi connectivity index (χ2n) is 4.07. The molecule has 0 bridgehead atoms. The van der Waals surface area contributed by atoms with E-state index in [1.54, 1.807) is 17.8 Å². The summed E-state index contributed by atoms with van der Waals surface area (Å²) in [7, 11) is 0. The Bertz CT molecular complexity index is 505. The first kappa shape index (κ1) is 16.8. The predicted molar refractivity (Wildman–Crippen MR) is 85.7 cm³/mol. The first-order valence-corrected chi connectivity index (χ1v) is 8.17. The summed E-state index contributed by atoms with van der Waals surface area (Å²) in [4.78, 5) is 22.7. The topological polar surface area (TPSA) is 66.4 Å². The van der Waals surface area contributed by atoms with Gasteiger partial charge in [-0.15, -0.1) is 0 Å². The molecule has 0 saturated heterocycles. The van der Waals surface area contributed by atoms with Crippen molar-refractivity contribution in [3.05, 3.63) is 40.4 Å². The fourth-order valence-corrected chi connectivity index (χ4v) is 2.38. The number of thioether (sulfide) groups is 1. The molecule has 1 rings (SSSR count). The summed E-state index contributed by atoms with van der Waals surface area (Å²) in [5.41, 5.74) is 0.866. The maximum atomic E-state index is 11.7. The summed E-state index contributed by atoms with van der Waals surface area (Å²) in [6.45, 7) is 0. The summed E-state index contributed by atoms with van der Waals surface area (Å²) in [5.74, 6) is -0.728. The van der Waals surface area contributed by atoms with Crippen LogP contribution in [0.4, 0.5) is 0 Å². The zero-order valence-corrected chi connectivity index (χ0v) is 13.4. The predicted octanol–water partition coefficient (Wildman–Crippen LogP) is 2.78. The Morgan fingerprint density at radius 3 is 2.85 bits per heavy atom. The first-order valence-electron chi connectivity index (χ1n) is 5.99. The molecule has 0 aliphatic heterocycles. The lowest BCUT2D eigenvalue weighted by Crippen LogP contribution is -2.40. The molecule has 2 N–H and O–H groups in total. The van der Waals surface area contributed by atoms with Gasteiger partial charge in [0.15, 0.2) is 0 Å². The van der Waals surface area contributed by atoms with Crippen LogP contribution in [0.3, 0.4) is 0 Å². The number of nitrogens with one attached hydrogen (secondary N) is 1. The number of hydrogen-bond donors (Lipinski definition) is 2. The molecule has 0 aliphatic rings. The van der Waals surface area contributed by atoms with Crippen LogP contribution in [0.5, 0.6) is 0 Å². The number of hydrogen-bond acceptors (Lipinski definition) is 3. The second-order valence-corrected chi connectivity index (χ2v) is 5.97. The standard InChI is InChI=1S/C14H16BrNO3S/c1-20-8-7-12(14(18)19)16-13(17)6-5-10-3-2-4-11(15)9-10/h2-6,9,12H,7-8H2,1H3,(H,16,17)(H,18,19)/b6-5+/t12-/m1/s1. The summed E-state index contributed by atoms with van der Waals surface area (Å²) in [6, 6.07) is 6.63. The number of amides is 1. The molecular formula is C14H16BrNO3S. The van der Waals surface area contributed by atoms with Gasteiger partial charge in [0.05, 0.1) is 0 Å². The number of carbonyl (C=O) groups excluding carboxylic acids is 1. The molecule has 1 amide bonds. The summed E-state index contributed by atoms with van der Waals surface area (Å²) < 4.78 is 0.920. The maximum absolute atomic E-state index is 11.7. The molecule has 6 heteroatoms. The molecular weight excluding hydrogens is 342 g/mol. The third-order valence-electron chi connectivity index (χ3n) is 2.50. The average Bonchev–Trinajstić information content (AvgIpc) is 2.41. The van der Waals surface area contributed by atoms with Crippen LogP contribution in [0.2, 0.25) is 0 Å². The smallest absolute Gasteiger partial charge is 0.326 e. The highest BCUT2D eigenvalue weighted by atomic mass is 79.9. The van der Waals surface area contributed by atoms with E-state index in [1.807, 2.05) is 30.5 Å². The highest BCUT2D eigenvalue weighted by Crippen LogP contribution is 2.12. The second kappa shape index (κ2) is 8.81. The van der Waals surface area contributed by atoms with Gasteiger partial charge in [-0.2, -0.15) is 11.8 Å². The van der Waals surface area contributed by atoms with Gasteiger partial charge in [-0.3, -0.25) is 4.79 Å². The minimum Gasteiger partial charge on any atom is -0.480 e. The van der Waals surface area contributed by atoms with Crippen molar-refractivity contribution in [2.24, 2.45) is 0 Å². The Kier molecular flexibility index (Phi) is 7.40. The van der Waals surface area contributed by atoms with Crippen LogP contribution in [0.25, 0.3) is 6.08 Å². The van der Waals surface area contributed by atoms with E-state index in [0.717, 1.165) is 10.0 Å². The van der Waals surface area contributed by atoms with Crippen molar-refractivity contribution in [3.8, 4) is 0 Å². The largest absolute Gasteiger partial charge is 0.480 e. The highest BCUT2D eigenvalue weighted by Gasteiger charge is 2.17. The molecule has 0 aromatic heterocycles. The quantitative estimate of drug-likeness (QED) is 0.736. The fraction of sp³-hybridized carbons (Fsp3) is 0.286. The van der Waals surface area contributed by atoms with Crippen LogP contribution in [0, 0.1) is 0 Å². The van der Waals surface area contributed by atoms with Crippen LogP contribution < -0.4 is 5.32 Å². The highest BCUT2D eigenvalue weighted by molar-refractivity contribution is 9.10. The molecule has 1 aromatic rings. The molecule has 4 nitrogen and oxygen atoms in total. The molecule has 108 valence electrons. The number of halogens is 1. The number of carboxylic acids is 1. The van der Waals surface area contributed by atoms with Crippen LogP contribution in [0.15, 0.2) is 34.8 Å². The van der Waals surface area contributed by atoms with Crippen LogP contribution in [0.1, 0.15) is 12.0 Å². The fourth-order valence-electron chi connectivity index (χ4n) is 1.50. The third kappa shape index (κ3) is 6.25. The normalized spacial score (nSPS) is 12.3. The molecule has 20 heavy (non-hydrogen) atoms. The molecule has 0 aliphatic carbocycles. The van der Waals surface area contributed by atoms with Crippen molar-refractivity contribution in [3.63, 3.8) is 0 Å². The molecule has 0 radical (unpaired) electrons. The molecule has 0 unspecified atom stereocenters. The van der Waals surface area contributed by atoms with Gasteiger partial charge >= 0.3 is 5.97 Å². The lowest BCUT2D eigenvalue weighted by molar-refractivity contribution is -0.141. The zero-order valence-electron chi connectivity index (χ0n) is 11.0. The Balaban J connectivity index is 2.59. The van der Waals surface area contributed by atoms with Gasteiger partial charge in [0, 0.05) is 10.5 Å². The van der Waals surface area contributed by atoms with Gasteiger partial charge in [0.2, 0.25) is 5.91 Å². The molecule has 0 heterocycles. The summed E-state index contributed by atoms with van der Waals surface area (Å²) in [5, 5.41) is 11.5. The number of carbonyl (C=O) groups is 2. The summed E-state index contributed by atoms with van der Waals surface area (Å²) in [6.07, 6.45) is 5.30. The van der Waals surface area contributed by atoms with E-state index in [2.05, 4.69) is 21.2 Å². The van der Waals surface area contributed by atoms with E-state index < -0.39 is 17.9 Å². The van der Waals surface area contributed by atoms with Crippen molar-refractivity contribution in [1.29, 1.82) is 0 Å². The molecule has 0 fully saturated rings. The summed E-state index contributed by atoms with van der Waals surface area (Å²) >= 11 is 4.89. The third-order valence-corrected chi connectivity index (χ3v) is 3.64. The van der Waals surface area contributed by atoms with Crippen molar-refractivity contribution in [2.45, 2.75) is 12.5 Å². The van der Waals surface area contributed by atoms with Crippen LogP contribution >= 0.6 is 27.7 Å². The van der Waals surface area contributed by atoms with Crippen LogP contribution in [-0.2, 0) is 9.59 Å². The molecule has 0 saturated carbocycles. The average molecular weight is 358 g/mol. The van der Waals surface area contributed by atoms with E-state index in [-0.39, 0.29) is 0 Å². The lowest BCUT2D eigenvalue weighted by atomic mass is 10.2. The number of rotatable bonds is 7. The Labute approximate surface area is 130 Å². The Morgan fingerprint density at radius 2 is 2.25 bits per heavy atom. The monoisotopic (exact) mass is 357 g/mol. The van der Waals surface area contributed by atoms with Gasteiger partial charge in [0.1, 0.15) is 6.04 Å². The molecule has 1 aromatic carbocycles. The number of carboxylic acid groups (broad SMARTS) is 1. The van der Waals surface area contributed by atoms with Crippen molar-refractivity contribution < 1.29 is 14.7 Å². The minimum absolute atomic E-state index is 0.404.